The van der Waals surface area contributed by atoms with Crippen molar-refractivity contribution in [2.75, 3.05) is 47.6 Å². The number of carbonyl (C=O) groups excluding carboxylic acids is 1. The van der Waals surface area contributed by atoms with Crippen LogP contribution in [0.5, 0.6) is 17.2 Å². The van der Waals surface area contributed by atoms with Gasteiger partial charge in [-0.05, 0) is 29.8 Å². The highest BCUT2D eigenvalue weighted by Gasteiger charge is 2.15. The largest absolute Gasteiger partial charge is 0.493 e. The van der Waals surface area contributed by atoms with E-state index in [-0.39, 0.29) is 32.2 Å². The third-order valence-electron chi connectivity index (χ3n) is 4.37. The van der Waals surface area contributed by atoms with Gasteiger partial charge in [0, 0.05) is 24.2 Å². The van der Waals surface area contributed by atoms with Crippen LogP contribution < -0.4 is 14.2 Å². The molecular weight excluding hydrogens is 374 g/mol. The number of ether oxygens (including phenoxy) is 3. The predicted octanol–water partition coefficient (Wildman–Crippen LogP) is 2.31. The normalized spacial score (nSPS) is 10.8. The zero-order valence-electron chi connectivity index (χ0n) is 16.9. The fourth-order valence-electron chi connectivity index (χ4n) is 2.92. The van der Waals surface area contributed by atoms with Crippen molar-refractivity contribution in [2.45, 2.75) is 0 Å². The molecule has 0 fully saturated rings. The molecule has 0 unspecified atom stereocenters. The van der Waals surface area contributed by atoms with E-state index in [0.29, 0.717) is 22.8 Å². The van der Waals surface area contributed by atoms with Crippen LogP contribution >= 0.6 is 0 Å². The number of hydrogen-bond acceptors (Lipinski definition) is 6. The van der Waals surface area contributed by atoms with Gasteiger partial charge in [0.2, 0.25) is 5.75 Å². The number of hydrogen-bond donors (Lipinski definition) is 2. The highest BCUT2D eigenvalue weighted by molar-refractivity contribution is 5.94. The summed E-state index contributed by atoms with van der Waals surface area (Å²) in [5, 5.41) is 18.2. The minimum absolute atomic E-state index is 0.153. The minimum atomic E-state index is -0.231. The van der Waals surface area contributed by atoms with Gasteiger partial charge in [-0.3, -0.25) is 4.79 Å². The Bertz CT molecular complexity index is 826. The Balaban J connectivity index is 2.21. The molecule has 0 aliphatic rings. The number of methoxy groups -OCH3 is 3. The second-order valence-corrected chi connectivity index (χ2v) is 6.12. The van der Waals surface area contributed by atoms with E-state index >= 15 is 0 Å². The number of nitrogens with zero attached hydrogens (tertiary/aromatic N) is 1. The van der Waals surface area contributed by atoms with Crippen molar-refractivity contribution in [1.82, 2.24) is 4.90 Å². The first-order chi connectivity index (χ1) is 14.1. The van der Waals surface area contributed by atoms with Crippen molar-refractivity contribution in [3.05, 3.63) is 53.1 Å². The summed E-state index contributed by atoms with van der Waals surface area (Å²) >= 11 is 0. The second kappa shape index (κ2) is 11.1. The molecule has 0 radical (unpaired) electrons. The highest BCUT2D eigenvalue weighted by atomic mass is 16.5. The molecule has 2 aromatic rings. The molecule has 0 aliphatic carbocycles. The van der Waals surface area contributed by atoms with E-state index in [1.807, 2.05) is 30.4 Å². The maximum Gasteiger partial charge on any atom is 0.254 e. The van der Waals surface area contributed by atoms with Gasteiger partial charge in [-0.1, -0.05) is 24.3 Å². The summed E-state index contributed by atoms with van der Waals surface area (Å²) in [5.74, 6) is 1.44. The Hall–Kier alpha value is -3.03. The molecule has 0 bridgehead atoms. The zero-order valence-corrected chi connectivity index (χ0v) is 16.9. The number of benzene rings is 2. The van der Waals surface area contributed by atoms with E-state index in [1.165, 1.54) is 4.90 Å². The summed E-state index contributed by atoms with van der Waals surface area (Å²) in [6, 6.07) is 10.8. The van der Waals surface area contributed by atoms with Crippen molar-refractivity contribution in [2.24, 2.45) is 0 Å². The first-order valence-corrected chi connectivity index (χ1v) is 9.17. The number of amides is 1. The molecule has 2 aromatic carbocycles. The van der Waals surface area contributed by atoms with Gasteiger partial charge in [0.25, 0.3) is 5.91 Å². The Morgan fingerprint density at radius 2 is 1.48 bits per heavy atom. The maximum absolute atomic E-state index is 12.5. The molecule has 2 N–H and O–H groups in total. The van der Waals surface area contributed by atoms with Crippen LogP contribution in [-0.4, -0.2) is 68.7 Å². The Morgan fingerprint density at radius 3 is 2.00 bits per heavy atom. The van der Waals surface area contributed by atoms with E-state index in [9.17, 15) is 4.79 Å². The zero-order chi connectivity index (χ0) is 21.2. The van der Waals surface area contributed by atoms with Gasteiger partial charge in [-0.15, -0.1) is 0 Å². The van der Waals surface area contributed by atoms with Gasteiger partial charge in [-0.25, -0.2) is 0 Å². The van der Waals surface area contributed by atoms with Gasteiger partial charge in [0.15, 0.2) is 11.5 Å². The summed E-state index contributed by atoms with van der Waals surface area (Å²) in [6.07, 6.45) is 3.79. The van der Waals surface area contributed by atoms with Crippen molar-refractivity contribution in [3.63, 3.8) is 0 Å². The third-order valence-corrected chi connectivity index (χ3v) is 4.37. The number of aliphatic hydroxyl groups is 2. The van der Waals surface area contributed by atoms with E-state index < -0.39 is 0 Å². The highest BCUT2D eigenvalue weighted by Crippen LogP contribution is 2.40. The molecule has 0 spiro atoms. The van der Waals surface area contributed by atoms with Crippen LogP contribution in [0.4, 0.5) is 0 Å². The standard InChI is InChI=1S/C22H27NO6/c1-27-19-11-10-17(20(28-2)21(19)29-3)7-4-16-5-8-18(9-6-16)22(26)23(12-14-24)13-15-25/h4-11,24-25H,12-15H2,1-3H3. The second-order valence-electron chi connectivity index (χ2n) is 6.12. The predicted molar refractivity (Wildman–Crippen MR) is 112 cm³/mol. The van der Waals surface area contributed by atoms with E-state index in [1.54, 1.807) is 39.5 Å². The summed E-state index contributed by atoms with van der Waals surface area (Å²) in [4.78, 5) is 13.9. The van der Waals surface area contributed by atoms with E-state index in [4.69, 9.17) is 24.4 Å². The Morgan fingerprint density at radius 1 is 0.862 bits per heavy atom. The third kappa shape index (κ3) is 5.49. The molecule has 0 atom stereocenters. The molecule has 7 heteroatoms. The lowest BCUT2D eigenvalue weighted by molar-refractivity contribution is 0.0685. The van der Waals surface area contributed by atoms with Crippen molar-refractivity contribution in [1.29, 1.82) is 0 Å². The van der Waals surface area contributed by atoms with Crippen molar-refractivity contribution < 1.29 is 29.2 Å². The van der Waals surface area contributed by atoms with Gasteiger partial charge in [0.05, 0.1) is 34.5 Å². The summed E-state index contributed by atoms with van der Waals surface area (Å²) in [6.45, 7) is 0.0553. The molecule has 156 valence electrons. The summed E-state index contributed by atoms with van der Waals surface area (Å²) in [5.41, 5.74) is 2.21. The van der Waals surface area contributed by atoms with Crippen LogP contribution in [0.25, 0.3) is 12.2 Å². The molecule has 1 amide bonds. The van der Waals surface area contributed by atoms with Gasteiger partial charge in [0.1, 0.15) is 0 Å². The lowest BCUT2D eigenvalue weighted by atomic mass is 10.1. The minimum Gasteiger partial charge on any atom is -0.493 e. The van der Waals surface area contributed by atoms with Crippen molar-refractivity contribution >= 4 is 18.1 Å². The fourth-order valence-corrected chi connectivity index (χ4v) is 2.92. The molecule has 7 nitrogen and oxygen atoms in total. The smallest absolute Gasteiger partial charge is 0.254 e. The average molecular weight is 401 g/mol. The van der Waals surface area contributed by atoms with Crippen LogP contribution in [0.2, 0.25) is 0 Å². The summed E-state index contributed by atoms with van der Waals surface area (Å²) in [7, 11) is 4.69. The summed E-state index contributed by atoms with van der Waals surface area (Å²) < 4.78 is 16.2. The Labute approximate surface area is 170 Å². The molecular formula is C22H27NO6. The van der Waals surface area contributed by atoms with E-state index in [0.717, 1.165) is 11.1 Å². The molecule has 0 aromatic heterocycles. The van der Waals surface area contributed by atoms with Crippen LogP contribution in [0.3, 0.4) is 0 Å². The van der Waals surface area contributed by atoms with Gasteiger partial charge in [-0.2, -0.15) is 0 Å². The first-order valence-electron chi connectivity index (χ1n) is 9.17. The van der Waals surface area contributed by atoms with Crippen LogP contribution in [0.1, 0.15) is 21.5 Å². The van der Waals surface area contributed by atoms with Gasteiger partial charge < -0.3 is 29.3 Å². The van der Waals surface area contributed by atoms with E-state index in [2.05, 4.69) is 0 Å². The molecule has 0 aliphatic heterocycles. The quantitative estimate of drug-likeness (QED) is 0.594. The van der Waals surface area contributed by atoms with Crippen molar-refractivity contribution in [3.8, 4) is 17.2 Å². The maximum atomic E-state index is 12.5. The monoisotopic (exact) mass is 401 g/mol. The number of aliphatic hydroxyl groups excluding tert-OH is 2. The van der Waals surface area contributed by atoms with Crippen LogP contribution in [0.15, 0.2) is 36.4 Å². The first kappa shape index (κ1) is 22.3. The average Bonchev–Trinajstić information content (AvgIpc) is 2.76. The molecule has 2 rings (SSSR count). The topological polar surface area (TPSA) is 88.5 Å². The molecule has 29 heavy (non-hydrogen) atoms. The fraction of sp³-hybridized carbons (Fsp3) is 0.318. The molecule has 0 saturated carbocycles. The Kier molecular flexibility index (Phi) is 8.51. The molecule has 0 heterocycles. The lowest BCUT2D eigenvalue weighted by Gasteiger charge is -2.20. The van der Waals surface area contributed by atoms with Crippen LogP contribution in [-0.2, 0) is 0 Å². The molecule has 0 saturated heterocycles. The lowest BCUT2D eigenvalue weighted by Crippen LogP contribution is -2.35. The number of rotatable bonds is 10. The van der Waals surface area contributed by atoms with Gasteiger partial charge >= 0.3 is 0 Å². The number of carbonyl (C=O) groups is 1. The van der Waals surface area contributed by atoms with Crippen LogP contribution in [0, 0.1) is 0 Å². The SMILES string of the molecule is COc1ccc(C=Cc2ccc(C(=O)N(CCO)CCO)cc2)c(OC)c1OC.